The number of halogens is 1. The van der Waals surface area contributed by atoms with Crippen LogP contribution in [0.25, 0.3) is 0 Å². The number of urea groups is 1. The fourth-order valence-electron chi connectivity index (χ4n) is 3.90. The number of anilines is 1. The van der Waals surface area contributed by atoms with Crippen LogP contribution in [0.15, 0.2) is 48.8 Å². The lowest BCUT2D eigenvalue weighted by Gasteiger charge is -2.20. The van der Waals surface area contributed by atoms with Gasteiger partial charge in [0, 0.05) is 25.7 Å². The molecule has 4 rings (SSSR count). The molecule has 10 heteroatoms. The van der Waals surface area contributed by atoms with E-state index in [1.807, 2.05) is 0 Å². The molecule has 0 bridgehead atoms. The molecular formula is C22H25FN4O5. The number of hydrogen-bond donors (Lipinski definition) is 4. The van der Waals surface area contributed by atoms with Gasteiger partial charge in [-0.05, 0) is 29.8 Å². The predicted molar refractivity (Wildman–Crippen MR) is 112 cm³/mol. The van der Waals surface area contributed by atoms with Crippen LogP contribution < -0.4 is 16.0 Å². The van der Waals surface area contributed by atoms with Crippen LogP contribution in [-0.2, 0) is 20.8 Å². The summed E-state index contributed by atoms with van der Waals surface area (Å²) in [5, 5.41) is 18.6. The molecule has 1 aromatic carbocycles. The second kappa shape index (κ2) is 10.0. The summed E-state index contributed by atoms with van der Waals surface area (Å²) in [6.07, 6.45) is 0.984. The highest BCUT2D eigenvalue weighted by molar-refractivity contribution is 5.88. The number of pyridine rings is 1. The minimum Gasteiger partial charge on any atom is -0.388 e. The van der Waals surface area contributed by atoms with Gasteiger partial charge in [0.2, 0.25) is 5.91 Å². The number of carbonyl (C=O) groups excluding carboxylic acids is 2. The Bertz CT molecular complexity index is 930. The van der Waals surface area contributed by atoms with E-state index in [0.29, 0.717) is 18.7 Å². The third-order valence-corrected chi connectivity index (χ3v) is 5.48. The number of aliphatic hydroxyl groups excluding tert-OH is 1. The Labute approximate surface area is 184 Å². The predicted octanol–water partition coefficient (Wildman–Crippen LogP) is 1.33. The molecular weight excluding hydrogens is 419 g/mol. The average molecular weight is 444 g/mol. The van der Waals surface area contributed by atoms with E-state index in [0.717, 1.165) is 5.56 Å². The van der Waals surface area contributed by atoms with Gasteiger partial charge >= 0.3 is 6.03 Å². The van der Waals surface area contributed by atoms with E-state index >= 15 is 0 Å². The molecule has 2 aliphatic rings. The number of benzene rings is 1. The lowest BCUT2D eigenvalue weighted by Crippen LogP contribution is -2.42. The number of fused-ring (bicyclic) bond motifs is 1. The third kappa shape index (κ3) is 5.58. The SMILES string of the molecule is O=C(C[C@H]1C[C@H]2O[C@H](CNC(=O)Nc3cccnc3)[C@@H](O)[C@H]2O1)NCc1ccc(F)cc1. The van der Waals surface area contributed by atoms with Gasteiger partial charge in [-0.1, -0.05) is 12.1 Å². The second-order valence-electron chi connectivity index (χ2n) is 7.85. The Hall–Kier alpha value is -3.08. The molecule has 1 aromatic heterocycles. The number of ether oxygens (including phenoxy) is 2. The molecule has 2 aliphatic heterocycles. The molecule has 9 nitrogen and oxygen atoms in total. The summed E-state index contributed by atoms with van der Waals surface area (Å²) in [6.45, 7) is 0.416. The second-order valence-corrected chi connectivity index (χ2v) is 7.85. The van der Waals surface area contributed by atoms with Gasteiger partial charge in [0.1, 0.15) is 24.1 Å². The van der Waals surface area contributed by atoms with Gasteiger partial charge in [-0.25, -0.2) is 9.18 Å². The molecule has 5 atom stereocenters. The van der Waals surface area contributed by atoms with E-state index in [4.69, 9.17) is 9.47 Å². The van der Waals surface area contributed by atoms with Crippen LogP contribution in [0.2, 0.25) is 0 Å². The number of nitrogens with zero attached hydrogens (tertiary/aromatic N) is 1. The zero-order valence-corrected chi connectivity index (χ0v) is 17.2. The maximum atomic E-state index is 12.9. The third-order valence-electron chi connectivity index (χ3n) is 5.48. The first-order valence-corrected chi connectivity index (χ1v) is 10.4. The number of aromatic nitrogens is 1. The number of hydrogen-bond acceptors (Lipinski definition) is 6. The minimum absolute atomic E-state index is 0.118. The summed E-state index contributed by atoms with van der Waals surface area (Å²) in [7, 11) is 0. The van der Waals surface area contributed by atoms with Gasteiger partial charge in [0.05, 0.1) is 30.5 Å². The average Bonchev–Trinajstić information content (AvgIpc) is 3.30. The van der Waals surface area contributed by atoms with E-state index in [1.54, 1.807) is 30.5 Å². The van der Waals surface area contributed by atoms with Gasteiger partial charge < -0.3 is 30.5 Å². The van der Waals surface area contributed by atoms with Gasteiger partial charge in [0.25, 0.3) is 0 Å². The van der Waals surface area contributed by atoms with Crippen molar-refractivity contribution in [2.45, 2.75) is 49.9 Å². The van der Waals surface area contributed by atoms with Crippen molar-refractivity contribution in [3.63, 3.8) is 0 Å². The highest BCUT2D eigenvalue weighted by Crippen LogP contribution is 2.35. The van der Waals surface area contributed by atoms with Crippen molar-refractivity contribution in [3.8, 4) is 0 Å². The molecule has 32 heavy (non-hydrogen) atoms. The van der Waals surface area contributed by atoms with Crippen LogP contribution in [0.1, 0.15) is 18.4 Å². The number of amides is 3. The van der Waals surface area contributed by atoms with Crippen LogP contribution in [0.5, 0.6) is 0 Å². The zero-order valence-electron chi connectivity index (χ0n) is 17.2. The number of aliphatic hydroxyl groups is 1. The summed E-state index contributed by atoms with van der Waals surface area (Å²) in [5.74, 6) is -0.522. The first kappa shape index (κ1) is 22.1. The van der Waals surface area contributed by atoms with Crippen molar-refractivity contribution >= 4 is 17.6 Å². The first-order chi connectivity index (χ1) is 15.5. The zero-order chi connectivity index (χ0) is 22.5. The van der Waals surface area contributed by atoms with Crippen molar-refractivity contribution < 1.29 is 28.6 Å². The van der Waals surface area contributed by atoms with Crippen molar-refractivity contribution in [2.75, 3.05) is 11.9 Å². The summed E-state index contributed by atoms with van der Waals surface area (Å²) < 4.78 is 24.6. The monoisotopic (exact) mass is 444 g/mol. The molecule has 2 fully saturated rings. The van der Waals surface area contributed by atoms with Gasteiger partial charge in [-0.15, -0.1) is 0 Å². The molecule has 3 amide bonds. The fourth-order valence-corrected chi connectivity index (χ4v) is 3.90. The maximum Gasteiger partial charge on any atom is 0.319 e. The van der Waals surface area contributed by atoms with Gasteiger partial charge in [-0.2, -0.15) is 0 Å². The minimum atomic E-state index is -0.911. The molecule has 2 aromatic rings. The van der Waals surface area contributed by atoms with E-state index < -0.39 is 24.3 Å². The molecule has 3 heterocycles. The molecule has 0 aliphatic carbocycles. The van der Waals surface area contributed by atoms with Crippen molar-refractivity contribution in [2.24, 2.45) is 0 Å². The number of nitrogens with one attached hydrogen (secondary N) is 3. The maximum absolute atomic E-state index is 12.9. The Morgan fingerprint density at radius 3 is 2.69 bits per heavy atom. The largest absolute Gasteiger partial charge is 0.388 e. The van der Waals surface area contributed by atoms with Crippen LogP contribution in [0.3, 0.4) is 0 Å². The van der Waals surface area contributed by atoms with Crippen LogP contribution in [0.4, 0.5) is 14.9 Å². The van der Waals surface area contributed by atoms with Crippen LogP contribution in [0, 0.1) is 5.82 Å². The summed E-state index contributed by atoms with van der Waals surface area (Å²) >= 11 is 0. The molecule has 0 saturated carbocycles. The molecule has 2 saturated heterocycles. The van der Waals surface area contributed by atoms with Crippen molar-refractivity contribution in [3.05, 3.63) is 60.2 Å². The summed E-state index contributed by atoms with van der Waals surface area (Å²) in [6, 6.07) is 8.90. The quantitative estimate of drug-likeness (QED) is 0.511. The lowest BCUT2D eigenvalue weighted by molar-refractivity contribution is -0.124. The van der Waals surface area contributed by atoms with E-state index in [2.05, 4.69) is 20.9 Å². The van der Waals surface area contributed by atoms with Crippen LogP contribution in [-0.4, -0.2) is 59.1 Å². The first-order valence-electron chi connectivity index (χ1n) is 10.4. The standard InChI is InChI=1S/C22H25FN4O5/c23-14-5-3-13(4-6-14)10-25-19(28)9-16-8-17-21(31-16)20(29)18(32-17)12-26-22(30)27-15-2-1-7-24-11-15/h1-7,11,16-18,20-21,29H,8-10,12H2,(H,25,28)(H2,26,27,30)/t16-,17-,18-,20-,21+/m1/s1. The lowest BCUT2D eigenvalue weighted by atomic mass is 10.1. The van der Waals surface area contributed by atoms with E-state index in [-0.39, 0.29) is 36.9 Å². The molecule has 170 valence electrons. The molecule has 0 radical (unpaired) electrons. The Kier molecular flexibility index (Phi) is 6.93. The van der Waals surface area contributed by atoms with Crippen LogP contribution >= 0.6 is 0 Å². The van der Waals surface area contributed by atoms with Gasteiger partial charge in [-0.3, -0.25) is 9.78 Å². The fraction of sp³-hybridized carbons (Fsp3) is 0.409. The molecule has 4 N–H and O–H groups in total. The van der Waals surface area contributed by atoms with Gasteiger partial charge in [0.15, 0.2) is 0 Å². The normalized spacial score (nSPS) is 26.4. The van der Waals surface area contributed by atoms with Crippen molar-refractivity contribution in [1.29, 1.82) is 0 Å². The van der Waals surface area contributed by atoms with E-state index in [9.17, 15) is 19.1 Å². The van der Waals surface area contributed by atoms with Crippen molar-refractivity contribution in [1.82, 2.24) is 15.6 Å². The summed E-state index contributed by atoms with van der Waals surface area (Å²) in [5.41, 5.74) is 1.35. The Balaban J connectivity index is 1.17. The Morgan fingerprint density at radius 1 is 1.16 bits per heavy atom. The summed E-state index contributed by atoms with van der Waals surface area (Å²) in [4.78, 5) is 28.1. The van der Waals surface area contributed by atoms with E-state index in [1.165, 1.54) is 18.3 Å². The Morgan fingerprint density at radius 2 is 1.97 bits per heavy atom. The molecule has 0 spiro atoms. The topological polar surface area (TPSA) is 122 Å². The number of rotatable bonds is 7. The smallest absolute Gasteiger partial charge is 0.319 e. The number of carbonyl (C=O) groups is 2. The highest BCUT2D eigenvalue weighted by Gasteiger charge is 2.50. The highest BCUT2D eigenvalue weighted by atomic mass is 19.1. The molecule has 0 unspecified atom stereocenters.